The number of carbonyl (C=O) groups excluding carboxylic acids is 1. The number of rotatable bonds is 6. The van der Waals surface area contributed by atoms with E-state index < -0.39 is 18.8 Å². The van der Waals surface area contributed by atoms with Gasteiger partial charge in [0.15, 0.2) is 0 Å². The lowest BCUT2D eigenvalue weighted by Crippen LogP contribution is -2.54. The van der Waals surface area contributed by atoms with Gasteiger partial charge >= 0.3 is 0 Å². The van der Waals surface area contributed by atoms with Crippen molar-refractivity contribution in [3.05, 3.63) is 0 Å². The average molecular weight is 333 g/mol. The van der Waals surface area contributed by atoms with Crippen LogP contribution in [-0.2, 0) is 4.79 Å². The number of aliphatic hydroxyl groups is 3. The number of nitrogens with one attached hydrogen (secondary N) is 4. The minimum atomic E-state index is -0.986. The Kier molecular flexibility index (Phi) is 11.1. The lowest BCUT2D eigenvalue weighted by molar-refractivity contribution is -0.128. The zero-order valence-corrected chi connectivity index (χ0v) is 13.6. The molecule has 0 spiro atoms. The minimum absolute atomic E-state index is 0.0259. The van der Waals surface area contributed by atoms with Crippen molar-refractivity contribution in [3.8, 4) is 0 Å². The molecule has 0 aromatic heterocycles. The molecule has 136 valence electrons. The van der Waals surface area contributed by atoms with Crippen LogP contribution in [0.3, 0.4) is 0 Å². The topological polar surface area (TPSA) is 129 Å². The Labute approximate surface area is 137 Å². The van der Waals surface area contributed by atoms with Crippen molar-refractivity contribution in [2.24, 2.45) is 0 Å². The summed E-state index contributed by atoms with van der Waals surface area (Å²) in [6.45, 7) is 5.51. The zero-order chi connectivity index (χ0) is 16.9. The van der Waals surface area contributed by atoms with Crippen LogP contribution in [0.2, 0.25) is 0 Å². The van der Waals surface area contributed by atoms with Crippen molar-refractivity contribution >= 4 is 5.91 Å². The molecule has 0 aliphatic carbocycles. The Balaban J connectivity index is 2.53. The first-order valence-electron chi connectivity index (χ1n) is 8.22. The van der Waals surface area contributed by atoms with Gasteiger partial charge in [-0.15, -0.1) is 0 Å². The summed E-state index contributed by atoms with van der Waals surface area (Å²) >= 11 is 0. The summed E-state index contributed by atoms with van der Waals surface area (Å²) in [5, 5.41) is 40.2. The highest BCUT2D eigenvalue weighted by Crippen LogP contribution is 1.99. The van der Waals surface area contributed by atoms with Gasteiger partial charge in [0.25, 0.3) is 0 Å². The third kappa shape index (κ3) is 8.56. The summed E-state index contributed by atoms with van der Waals surface area (Å²) in [6, 6.07) is -0.662. The van der Waals surface area contributed by atoms with E-state index in [1.54, 1.807) is 0 Å². The molecule has 1 heterocycles. The third-order valence-electron chi connectivity index (χ3n) is 3.75. The zero-order valence-electron chi connectivity index (χ0n) is 13.6. The standard InChI is InChI=1S/C14H31N5O4/c20-10-12(22)9-18-14(23)13(11-21)19-7-5-16-3-1-15-2-4-17-6-8-19/h12-13,15-17,20-22H,1-11H2,(H,18,23). The van der Waals surface area contributed by atoms with Crippen LogP contribution >= 0.6 is 0 Å². The van der Waals surface area contributed by atoms with E-state index in [1.165, 1.54) is 0 Å². The number of carbonyl (C=O) groups is 1. The van der Waals surface area contributed by atoms with Crippen LogP contribution in [0.4, 0.5) is 0 Å². The van der Waals surface area contributed by atoms with Gasteiger partial charge in [0, 0.05) is 58.9 Å². The SMILES string of the molecule is O=C(NCC(O)CO)C(CO)N1CCNCCNCCNCC1. The summed E-state index contributed by atoms with van der Waals surface area (Å²) in [5.74, 6) is -0.339. The fraction of sp³-hybridized carbons (Fsp3) is 0.929. The summed E-state index contributed by atoms with van der Waals surface area (Å²) in [4.78, 5) is 14.1. The van der Waals surface area contributed by atoms with E-state index in [2.05, 4.69) is 21.3 Å². The van der Waals surface area contributed by atoms with Gasteiger partial charge < -0.3 is 36.6 Å². The molecule has 1 fully saturated rings. The van der Waals surface area contributed by atoms with Crippen molar-refractivity contribution in [2.75, 3.05) is 72.1 Å². The van der Waals surface area contributed by atoms with Crippen LogP contribution < -0.4 is 21.3 Å². The molecule has 1 rings (SSSR count). The van der Waals surface area contributed by atoms with Crippen LogP contribution in [0, 0.1) is 0 Å². The fourth-order valence-electron chi connectivity index (χ4n) is 2.36. The average Bonchev–Trinajstić information content (AvgIpc) is 2.55. The molecule has 1 amide bonds. The first kappa shape index (κ1) is 20.2. The molecule has 7 N–H and O–H groups in total. The summed E-state index contributed by atoms with van der Waals surface area (Å²) in [6.07, 6.45) is -0.986. The van der Waals surface area contributed by atoms with E-state index in [1.807, 2.05) is 4.90 Å². The smallest absolute Gasteiger partial charge is 0.239 e. The number of aliphatic hydroxyl groups excluding tert-OH is 3. The number of hydrogen-bond donors (Lipinski definition) is 7. The van der Waals surface area contributed by atoms with Gasteiger partial charge in [0.1, 0.15) is 6.04 Å². The van der Waals surface area contributed by atoms with Crippen molar-refractivity contribution in [3.63, 3.8) is 0 Å². The van der Waals surface area contributed by atoms with Crippen LogP contribution in [-0.4, -0.2) is 110 Å². The molecule has 9 heteroatoms. The molecule has 0 radical (unpaired) electrons. The highest BCUT2D eigenvalue weighted by Gasteiger charge is 2.25. The first-order valence-corrected chi connectivity index (χ1v) is 8.22. The van der Waals surface area contributed by atoms with Crippen molar-refractivity contribution in [1.82, 2.24) is 26.2 Å². The predicted molar refractivity (Wildman–Crippen MR) is 87.2 cm³/mol. The Morgan fingerprint density at radius 1 is 0.957 bits per heavy atom. The highest BCUT2D eigenvalue weighted by molar-refractivity contribution is 5.81. The van der Waals surface area contributed by atoms with Crippen molar-refractivity contribution < 1.29 is 20.1 Å². The normalized spacial score (nSPS) is 21.7. The van der Waals surface area contributed by atoms with Crippen LogP contribution in [0.5, 0.6) is 0 Å². The van der Waals surface area contributed by atoms with Crippen molar-refractivity contribution in [2.45, 2.75) is 12.1 Å². The summed E-state index contributed by atoms with van der Waals surface area (Å²) < 4.78 is 0. The quantitative estimate of drug-likeness (QED) is 0.261. The lowest BCUT2D eigenvalue weighted by Gasteiger charge is -2.30. The van der Waals surface area contributed by atoms with Gasteiger partial charge in [-0.25, -0.2) is 0 Å². The van der Waals surface area contributed by atoms with Gasteiger partial charge in [-0.3, -0.25) is 9.69 Å². The van der Waals surface area contributed by atoms with Gasteiger partial charge in [-0.1, -0.05) is 0 Å². The van der Waals surface area contributed by atoms with Crippen LogP contribution in [0.25, 0.3) is 0 Å². The number of amides is 1. The Morgan fingerprint density at radius 2 is 1.48 bits per heavy atom. The molecule has 2 atom stereocenters. The second-order valence-electron chi connectivity index (χ2n) is 5.57. The number of nitrogens with zero attached hydrogens (tertiary/aromatic N) is 1. The summed E-state index contributed by atoms with van der Waals surface area (Å²) in [7, 11) is 0. The first-order chi connectivity index (χ1) is 11.2. The molecule has 23 heavy (non-hydrogen) atoms. The van der Waals surface area contributed by atoms with E-state index >= 15 is 0 Å². The maximum atomic E-state index is 12.2. The highest BCUT2D eigenvalue weighted by atomic mass is 16.3. The van der Waals surface area contributed by atoms with Gasteiger partial charge in [-0.2, -0.15) is 0 Å². The Bertz CT molecular complexity index is 310. The molecule has 0 bridgehead atoms. The monoisotopic (exact) mass is 333 g/mol. The van der Waals surface area contributed by atoms with Gasteiger partial charge in [0.2, 0.25) is 5.91 Å². The minimum Gasteiger partial charge on any atom is -0.394 e. The van der Waals surface area contributed by atoms with E-state index in [4.69, 9.17) is 5.11 Å². The van der Waals surface area contributed by atoms with E-state index in [0.717, 1.165) is 39.3 Å². The van der Waals surface area contributed by atoms with Crippen molar-refractivity contribution in [1.29, 1.82) is 0 Å². The summed E-state index contributed by atoms with van der Waals surface area (Å²) in [5.41, 5.74) is 0. The molecule has 1 aliphatic heterocycles. The van der Waals surface area contributed by atoms with Crippen LogP contribution in [0.15, 0.2) is 0 Å². The molecule has 1 saturated heterocycles. The molecule has 0 saturated carbocycles. The molecule has 0 aromatic carbocycles. The maximum absolute atomic E-state index is 12.2. The molecule has 9 nitrogen and oxygen atoms in total. The van der Waals surface area contributed by atoms with Crippen LogP contribution in [0.1, 0.15) is 0 Å². The maximum Gasteiger partial charge on any atom is 0.239 e. The molecular weight excluding hydrogens is 302 g/mol. The van der Waals surface area contributed by atoms with Gasteiger partial charge in [0.05, 0.1) is 19.3 Å². The Hall–Kier alpha value is -0.810. The fourth-order valence-corrected chi connectivity index (χ4v) is 2.36. The largest absolute Gasteiger partial charge is 0.394 e. The second-order valence-corrected chi connectivity index (χ2v) is 5.57. The predicted octanol–water partition coefficient (Wildman–Crippen LogP) is -4.10. The van der Waals surface area contributed by atoms with E-state index in [-0.39, 0.29) is 19.1 Å². The van der Waals surface area contributed by atoms with Gasteiger partial charge in [-0.05, 0) is 0 Å². The number of hydrogen-bond acceptors (Lipinski definition) is 8. The molecule has 0 aromatic rings. The molecule has 2 unspecified atom stereocenters. The Morgan fingerprint density at radius 3 is 1.96 bits per heavy atom. The second kappa shape index (κ2) is 12.6. The third-order valence-corrected chi connectivity index (χ3v) is 3.75. The molecular formula is C14H31N5O4. The lowest BCUT2D eigenvalue weighted by atomic mass is 10.2. The molecule has 1 aliphatic rings. The van der Waals surface area contributed by atoms with E-state index in [0.29, 0.717) is 13.1 Å². The van der Waals surface area contributed by atoms with E-state index in [9.17, 15) is 15.0 Å².